The number of nitrogens with zero attached hydrogens (tertiary/aromatic N) is 3. The molecule has 1 N–H and O–H groups in total. The van der Waals surface area contributed by atoms with Gasteiger partial charge in [0.2, 0.25) is 0 Å². The molecular formula is C31H32N4O3. The number of rotatable bonds is 9. The van der Waals surface area contributed by atoms with Gasteiger partial charge in [0.15, 0.2) is 5.82 Å². The molecule has 0 saturated heterocycles. The Bertz CT molecular complexity index is 1510. The largest absolute Gasteiger partial charge is 0.497 e. The predicted molar refractivity (Wildman–Crippen MR) is 152 cm³/mol. The van der Waals surface area contributed by atoms with Crippen LogP contribution in [0.25, 0.3) is 22.5 Å². The first-order valence-electron chi connectivity index (χ1n) is 13.0. The van der Waals surface area contributed by atoms with Crippen molar-refractivity contribution < 1.29 is 9.26 Å². The van der Waals surface area contributed by atoms with E-state index in [0.717, 1.165) is 53.8 Å². The lowest BCUT2D eigenvalue weighted by Gasteiger charge is -2.32. The summed E-state index contributed by atoms with van der Waals surface area (Å²) in [5.74, 6) is 0.685. The van der Waals surface area contributed by atoms with E-state index in [9.17, 15) is 4.79 Å². The summed E-state index contributed by atoms with van der Waals surface area (Å²) >= 11 is 0. The molecule has 1 aromatic heterocycles. The van der Waals surface area contributed by atoms with E-state index in [4.69, 9.17) is 14.3 Å². The Kier molecular flexibility index (Phi) is 7.54. The Morgan fingerprint density at radius 2 is 1.82 bits per heavy atom. The number of hydrogen-bond donors (Lipinski definition) is 1. The molecule has 3 aromatic carbocycles. The molecule has 1 unspecified atom stereocenters. The second-order valence-corrected chi connectivity index (χ2v) is 9.44. The third kappa shape index (κ3) is 5.47. The Balaban J connectivity index is 1.43. The van der Waals surface area contributed by atoms with Gasteiger partial charge in [0.25, 0.3) is 0 Å². The highest BCUT2D eigenvalue weighted by atomic mass is 16.5. The molecular weight excluding hydrogens is 476 g/mol. The number of benzene rings is 3. The minimum Gasteiger partial charge on any atom is -0.497 e. The molecule has 7 nitrogen and oxygen atoms in total. The highest BCUT2D eigenvalue weighted by Crippen LogP contribution is 2.32. The van der Waals surface area contributed by atoms with Gasteiger partial charge in [-0.15, -0.1) is 0 Å². The van der Waals surface area contributed by atoms with Crippen LogP contribution in [0.2, 0.25) is 0 Å². The van der Waals surface area contributed by atoms with E-state index >= 15 is 0 Å². The van der Waals surface area contributed by atoms with E-state index in [1.54, 1.807) is 7.11 Å². The van der Waals surface area contributed by atoms with Crippen LogP contribution < -0.4 is 15.4 Å². The topological polar surface area (TPSA) is 83.7 Å². The number of hydrogen-bond acceptors (Lipinski definition) is 6. The van der Waals surface area contributed by atoms with Gasteiger partial charge in [-0.3, -0.25) is 14.5 Å². The highest BCUT2D eigenvalue weighted by molar-refractivity contribution is 6.02. The summed E-state index contributed by atoms with van der Waals surface area (Å²) in [5, 5.41) is 3.87. The zero-order chi connectivity index (χ0) is 26.5. The van der Waals surface area contributed by atoms with Crippen molar-refractivity contribution in [2.75, 3.05) is 12.0 Å². The van der Waals surface area contributed by atoms with Gasteiger partial charge >= 0.3 is 5.76 Å². The maximum absolute atomic E-state index is 11.5. The molecule has 7 heteroatoms. The fraction of sp³-hybridized carbons (Fsp3) is 0.258. The van der Waals surface area contributed by atoms with Crippen LogP contribution in [0.3, 0.4) is 0 Å². The minimum atomic E-state index is -0.566. The molecule has 194 valence electrons. The fourth-order valence-corrected chi connectivity index (χ4v) is 4.81. The average Bonchev–Trinajstić information content (AvgIpc) is 3.39. The summed E-state index contributed by atoms with van der Waals surface area (Å²) in [6, 6.07) is 24.5. The molecule has 0 radical (unpaired) electrons. The molecule has 5 rings (SSSR count). The Morgan fingerprint density at radius 3 is 2.53 bits per heavy atom. The molecule has 0 bridgehead atoms. The first-order chi connectivity index (χ1) is 18.6. The summed E-state index contributed by atoms with van der Waals surface area (Å²) in [5.41, 5.74) is 7.51. The average molecular weight is 509 g/mol. The van der Waals surface area contributed by atoms with Gasteiger partial charge in [-0.1, -0.05) is 73.1 Å². The van der Waals surface area contributed by atoms with Gasteiger partial charge in [0, 0.05) is 35.6 Å². The number of aromatic amines is 1. The molecule has 0 amide bonds. The third-order valence-electron chi connectivity index (χ3n) is 6.81. The summed E-state index contributed by atoms with van der Waals surface area (Å²) in [6.07, 6.45) is 6.27. The third-order valence-corrected chi connectivity index (χ3v) is 6.81. The number of aromatic nitrogens is 2. The second kappa shape index (κ2) is 11.3. The maximum atomic E-state index is 11.5. The highest BCUT2D eigenvalue weighted by Gasteiger charge is 2.22. The van der Waals surface area contributed by atoms with Gasteiger partial charge in [-0.05, 0) is 54.2 Å². The molecule has 0 saturated carbocycles. The van der Waals surface area contributed by atoms with Crippen molar-refractivity contribution >= 4 is 11.4 Å². The molecule has 1 aliphatic heterocycles. The van der Waals surface area contributed by atoms with E-state index in [1.807, 2.05) is 42.5 Å². The van der Waals surface area contributed by atoms with Crippen molar-refractivity contribution in [3.05, 3.63) is 101 Å². The number of ether oxygens (including phenoxy) is 1. The molecule has 0 aliphatic carbocycles. The lowest BCUT2D eigenvalue weighted by atomic mass is 9.94. The van der Waals surface area contributed by atoms with E-state index in [-0.39, 0.29) is 6.17 Å². The van der Waals surface area contributed by atoms with E-state index in [1.165, 1.54) is 16.8 Å². The summed E-state index contributed by atoms with van der Waals surface area (Å²) < 4.78 is 10.2. The Labute approximate surface area is 222 Å². The van der Waals surface area contributed by atoms with Crippen molar-refractivity contribution in [3.8, 4) is 28.3 Å². The van der Waals surface area contributed by atoms with Crippen molar-refractivity contribution in [3.63, 3.8) is 0 Å². The molecule has 4 aromatic rings. The van der Waals surface area contributed by atoms with Gasteiger partial charge in [0.05, 0.1) is 7.11 Å². The molecule has 38 heavy (non-hydrogen) atoms. The first-order valence-corrected chi connectivity index (χ1v) is 13.0. The van der Waals surface area contributed by atoms with E-state index < -0.39 is 5.76 Å². The number of anilines is 1. The number of unbranched alkanes of at least 4 members (excludes halogenated alkanes) is 1. The lowest BCUT2D eigenvalue weighted by molar-refractivity contribution is 0.388. The van der Waals surface area contributed by atoms with Crippen molar-refractivity contribution in [1.82, 2.24) is 10.1 Å². The van der Waals surface area contributed by atoms with Gasteiger partial charge in [-0.25, -0.2) is 4.79 Å². The number of methoxy groups -OCH3 is 1. The van der Waals surface area contributed by atoms with Crippen LogP contribution in [0.15, 0.2) is 98.9 Å². The molecule has 2 heterocycles. The smallest absolute Gasteiger partial charge is 0.439 e. The summed E-state index contributed by atoms with van der Waals surface area (Å²) in [7, 11) is 1.69. The summed E-state index contributed by atoms with van der Waals surface area (Å²) in [4.78, 5) is 21.5. The van der Waals surface area contributed by atoms with Gasteiger partial charge in [0.1, 0.15) is 11.9 Å². The van der Waals surface area contributed by atoms with E-state index in [2.05, 4.69) is 65.4 Å². The van der Waals surface area contributed by atoms with Crippen molar-refractivity contribution in [1.29, 1.82) is 0 Å². The fourth-order valence-electron chi connectivity index (χ4n) is 4.81. The zero-order valence-corrected chi connectivity index (χ0v) is 22.0. The first kappa shape index (κ1) is 25.3. The van der Waals surface area contributed by atoms with Crippen LogP contribution in [0, 0.1) is 0 Å². The molecule has 1 atom stereocenters. The van der Waals surface area contributed by atoms with Crippen LogP contribution in [-0.4, -0.2) is 29.1 Å². The molecule has 0 fully saturated rings. The second-order valence-electron chi connectivity index (χ2n) is 9.44. The van der Waals surface area contributed by atoms with Crippen LogP contribution in [-0.2, 0) is 6.42 Å². The van der Waals surface area contributed by atoms with Crippen LogP contribution in [0.1, 0.15) is 38.7 Å². The van der Waals surface area contributed by atoms with E-state index in [0.29, 0.717) is 5.82 Å². The molecule has 0 spiro atoms. The number of nitrogens with one attached hydrogen (secondary N) is 1. The van der Waals surface area contributed by atoms with Crippen molar-refractivity contribution in [2.24, 2.45) is 4.99 Å². The number of allylic oxidation sites excluding steroid dienone is 1. The zero-order valence-electron chi connectivity index (χ0n) is 22.0. The normalized spacial score (nSPS) is 15.2. The van der Waals surface area contributed by atoms with Gasteiger partial charge in [-0.2, -0.15) is 0 Å². The monoisotopic (exact) mass is 508 g/mol. The van der Waals surface area contributed by atoms with Crippen molar-refractivity contribution in [2.45, 2.75) is 45.7 Å². The lowest BCUT2D eigenvalue weighted by Crippen LogP contribution is -2.33. The summed E-state index contributed by atoms with van der Waals surface area (Å²) in [6.45, 7) is 4.34. The van der Waals surface area contributed by atoms with Crippen LogP contribution in [0.4, 0.5) is 5.69 Å². The maximum Gasteiger partial charge on any atom is 0.439 e. The Morgan fingerprint density at radius 1 is 1.03 bits per heavy atom. The molecule has 1 aliphatic rings. The van der Waals surface area contributed by atoms with Gasteiger partial charge < -0.3 is 9.64 Å². The minimum absolute atomic E-state index is 0.0135. The van der Waals surface area contributed by atoms with Crippen LogP contribution >= 0.6 is 0 Å². The standard InChI is InChI=1S/C31H32N4O3/c1-4-5-13-29-24(20-35(21(2)32-29)25-9-8-10-26(19-25)37-3)18-22-14-16-23(17-15-22)27-11-6-7-12-28(27)30-33-31(36)38-34-30/h6-12,14-17,19-21H,4-5,13,18H2,1-3H3,(H,33,34,36). The quantitative estimate of drug-likeness (QED) is 0.274. The number of H-pyrrole nitrogens is 1. The Hall–Kier alpha value is -4.39. The van der Waals surface area contributed by atoms with Crippen LogP contribution in [0.5, 0.6) is 5.75 Å². The number of aliphatic imine (C=N–C) groups is 1. The SMILES string of the molecule is CCCCC1=NC(C)N(c2cccc(OC)c2)C=C1Cc1ccc(-c2ccccc2-c2noc(=O)[nH]2)cc1. The predicted octanol–water partition coefficient (Wildman–Crippen LogP) is 6.63.